The summed E-state index contributed by atoms with van der Waals surface area (Å²) in [5, 5.41) is 6.60. The second-order valence-electron chi connectivity index (χ2n) is 6.68. The molecule has 1 saturated heterocycles. The number of piperidine rings is 1. The summed E-state index contributed by atoms with van der Waals surface area (Å²) >= 11 is 0. The molecule has 2 aliphatic rings. The average Bonchev–Trinajstić information content (AvgIpc) is 3.20. The molecule has 0 amide bonds. The highest BCUT2D eigenvalue weighted by Gasteiger charge is 2.34. The number of alkyl halides is 3. The van der Waals surface area contributed by atoms with Gasteiger partial charge in [0, 0.05) is 12.2 Å². The van der Waals surface area contributed by atoms with Crippen LogP contribution in [0, 0.1) is 11.8 Å². The number of hydrogen-bond donors (Lipinski definition) is 2. The van der Waals surface area contributed by atoms with Crippen molar-refractivity contribution >= 4 is 5.69 Å². The molecule has 3 rings (SSSR count). The molecule has 2 N–H and O–H groups in total. The van der Waals surface area contributed by atoms with E-state index in [9.17, 15) is 13.2 Å². The zero-order chi connectivity index (χ0) is 15.7. The summed E-state index contributed by atoms with van der Waals surface area (Å²) in [6, 6.07) is 4.20. The lowest BCUT2D eigenvalue weighted by atomic mass is 9.88. The summed E-state index contributed by atoms with van der Waals surface area (Å²) in [4.78, 5) is 0. The summed E-state index contributed by atoms with van der Waals surface area (Å²) in [6.45, 7) is 4.84. The van der Waals surface area contributed by atoms with Gasteiger partial charge in [0.05, 0.1) is 5.56 Å². The molecule has 0 spiro atoms. The van der Waals surface area contributed by atoms with Crippen LogP contribution in [0.2, 0.25) is 0 Å². The number of anilines is 1. The summed E-state index contributed by atoms with van der Waals surface area (Å²) < 4.78 is 38.9. The fourth-order valence-electron chi connectivity index (χ4n) is 3.30. The SMILES string of the molecule is CC1CC1CNc1cc(C(F)(F)F)ccc1C1CCNCC1. The van der Waals surface area contributed by atoms with Crippen molar-refractivity contribution < 1.29 is 13.2 Å². The molecule has 1 aliphatic carbocycles. The molecule has 1 aromatic carbocycles. The molecule has 1 aromatic rings. The van der Waals surface area contributed by atoms with E-state index < -0.39 is 11.7 Å². The minimum atomic E-state index is -4.28. The Labute approximate surface area is 129 Å². The van der Waals surface area contributed by atoms with Gasteiger partial charge in [-0.25, -0.2) is 0 Å². The topological polar surface area (TPSA) is 24.1 Å². The molecule has 5 heteroatoms. The van der Waals surface area contributed by atoms with E-state index in [4.69, 9.17) is 0 Å². The lowest BCUT2D eigenvalue weighted by Crippen LogP contribution is -2.27. The van der Waals surface area contributed by atoms with Crippen LogP contribution in [0.3, 0.4) is 0 Å². The van der Waals surface area contributed by atoms with Gasteiger partial charge in [-0.3, -0.25) is 0 Å². The predicted molar refractivity (Wildman–Crippen MR) is 82.0 cm³/mol. The highest BCUT2D eigenvalue weighted by Crippen LogP contribution is 2.40. The second kappa shape index (κ2) is 6.11. The van der Waals surface area contributed by atoms with Crippen molar-refractivity contribution in [2.24, 2.45) is 11.8 Å². The van der Waals surface area contributed by atoms with Crippen LogP contribution in [0.4, 0.5) is 18.9 Å². The molecule has 1 saturated carbocycles. The molecule has 2 atom stereocenters. The third-order valence-electron chi connectivity index (χ3n) is 4.99. The Morgan fingerprint density at radius 2 is 1.91 bits per heavy atom. The van der Waals surface area contributed by atoms with Crippen LogP contribution in [0.5, 0.6) is 0 Å². The van der Waals surface area contributed by atoms with Gasteiger partial charge in [0.1, 0.15) is 0 Å². The summed E-state index contributed by atoms with van der Waals surface area (Å²) in [5.41, 5.74) is 1.17. The van der Waals surface area contributed by atoms with Crippen LogP contribution in [-0.2, 0) is 6.18 Å². The van der Waals surface area contributed by atoms with E-state index >= 15 is 0 Å². The van der Waals surface area contributed by atoms with Gasteiger partial charge in [-0.2, -0.15) is 13.2 Å². The molecule has 2 nitrogen and oxygen atoms in total. The smallest absolute Gasteiger partial charge is 0.385 e. The maximum Gasteiger partial charge on any atom is 0.416 e. The van der Waals surface area contributed by atoms with Crippen molar-refractivity contribution in [3.05, 3.63) is 29.3 Å². The van der Waals surface area contributed by atoms with E-state index in [2.05, 4.69) is 17.6 Å². The summed E-state index contributed by atoms with van der Waals surface area (Å²) in [7, 11) is 0. The quantitative estimate of drug-likeness (QED) is 0.869. The normalized spacial score (nSPS) is 26.0. The van der Waals surface area contributed by atoms with E-state index in [0.717, 1.165) is 38.0 Å². The molecule has 2 fully saturated rings. The molecule has 0 bridgehead atoms. The Hall–Kier alpha value is -1.23. The van der Waals surface area contributed by atoms with Crippen molar-refractivity contribution in [3.63, 3.8) is 0 Å². The zero-order valence-corrected chi connectivity index (χ0v) is 12.8. The number of nitrogens with one attached hydrogen (secondary N) is 2. The summed E-state index contributed by atoms with van der Waals surface area (Å²) in [5.74, 6) is 1.65. The summed E-state index contributed by atoms with van der Waals surface area (Å²) in [6.07, 6.45) is -1.13. The maximum atomic E-state index is 13.0. The first kappa shape index (κ1) is 15.7. The first-order chi connectivity index (χ1) is 10.4. The van der Waals surface area contributed by atoms with E-state index in [1.54, 1.807) is 6.07 Å². The van der Waals surface area contributed by atoms with Crippen molar-refractivity contribution in [2.45, 2.75) is 38.3 Å². The van der Waals surface area contributed by atoms with Crippen LogP contribution in [0.15, 0.2) is 18.2 Å². The highest BCUT2D eigenvalue weighted by molar-refractivity contribution is 5.55. The van der Waals surface area contributed by atoms with Gasteiger partial charge in [-0.15, -0.1) is 0 Å². The van der Waals surface area contributed by atoms with Crippen LogP contribution < -0.4 is 10.6 Å². The van der Waals surface area contributed by atoms with Gasteiger partial charge in [0.25, 0.3) is 0 Å². The molecule has 22 heavy (non-hydrogen) atoms. The fraction of sp³-hybridized carbons (Fsp3) is 0.647. The standard InChI is InChI=1S/C17H23F3N2/c1-11-8-13(11)10-22-16-9-14(17(18,19)20)2-3-15(16)12-4-6-21-7-5-12/h2-3,9,11-13,21-22H,4-8,10H2,1H3. The fourth-order valence-corrected chi connectivity index (χ4v) is 3.30. The molecular formula is C17H23F3N2. The minimum absolute atomic E-state index is 0.350. The van der Waals surface area contributed by atoms with Crippen molar-refractivity contribution in [1.29, 1.82) is 0 Å². The highest BCUT2D eigenvalue weighted by atomic mass is 19.4. The van der Waals surface area contributed by atoms with Crippen molar-refractivity contribution in [3.8, 4) is 0 Å². The Kier molecular flexibility index (Phi) is 4.35. The van der Waals surface area contributed by atoms with Gasteiger partial charge in [-0.1, -0.05) is 13.0 Å². The molecule has 1 aliphatic heterocycles. The monoisotopic (exact) mass is 312 g/mol. The first-order valence-electron chi connectivity index (χ1n) is 8.11. The van der Waals surface area contributed by atoms with Gasteiger partial charge in [-0.05, 0) is 67.8 Å². The van der Waals surface area contributed by atoms with Crippen molar-refractivity contribution in [1.82, 2.24) is 5.32 Å². The van der Waals surface area contributed by atoms with Gasteiger partial charge in [0.15, 0.2) is 0 Å². The molecule has 0 radical (unpaired) electrons. The first-order valence-corrected chi connectivity index (χ1v) is 8.11. The average molecular weight is 312 g/mol. The third-order valence-corrected chi connectivity index (χ3v) is 4.99. The van der Waals surface area contributed by atoms with Crippen LogP contribution in [-0.4, -0.2) is 19.6 Å². The maximum absolute atomic E-state index is 13.0. The Morgan fingerprint density at radius 1 is 1.23 bits per heavy atom. The molecule has 0 aromatic heterocycles. The molecule has 122 valence electrons. The molecule has 1 heterocycles. The van der Waals surface area contributed by atoms with Crippen molar-refractivity contribution in [2.75, 3.05) is 25.0 Å². The molecule has 2 unspecified atom stereocenters. The Morgan fingerprint density at radius 3 is 2.50 bits per heavy atom. The van der Waals surface area contributed by atoms with E-state index in [1.165, 1.54) is 18.6 Å². The molecular weight excluding hydrogens is 289 g/mol. The van der Waals surface area contributed by atoms with E-state index in [-0.39, 0.29) is 0 Å². The van der Waals surface area contributed by atoms with Crippen LogP contribution in [0.1, 0.15) is 43.2 Å². The Bertz CT molecular complexity index is 521. The van der Waals surface area contributed by atoms with Gasteiger partial charge >= 0.3 is 6.18 Å². The lowest BCUT2D eigenvalue weighted by molar-refractivity contribution is -0.137. The minimum Gasteiger partial charge on any atom is -0.385 e. The van der Waals surface area contributed by atoms with Crippen LogP contribution >= 0.6 is 0 Å². The second-order valence-corrected chi connectivity index (χ2v) is 6.68. The zero-order valence-electron chi connectivity index (χ0n) is 12.8. The number of benzene rings is 1. The third kappa shape index (κ3) is 3.57. The van der Waals surface area contributed by atoms with Crippen LogP contribution in [0.25, 0.3) is 0 Å². The van der Waals surface area contributed by atoms with Gasteiger partial charge < -0.3 is 10.6 Å². The number of hydrogen-bond acceptors (Lipinski definition) is 2. The number of rotatable bonds is 4. The lowest BCUT2D eigenvalue weighted by Gasteiger charge is -2.26. The van der Waals surface area contributed by atoms with E-state index in [0.29, 0.717) is 23.4 Å². The van der Waals surface area contributed by atoms with Gasteiger partial charge in [0.2, 0.25) is 0 Å². The number of halogens is 3. The Balaban J connectivity index is 1.82. The predicted octanol–water partition coefficient (Wildman–Crippen LogP) is 4.24. The largest absolute Gasteiger partial charge is 0.416 e. The van der Waals surface area contributed by atoms with E-state index in [1.807, 2.05) is 0 Å².